The van der Waals surface area contributed by atoms with Gasteiger partial charge in [-0.05, 0) is 0 Å². The van der Waals surface area contributed by atoms with Crippen LogP contribution < -0.4 is 10.6 Å². The fraction of sp³-hybridized carbons (Fsp3) is 0.200. The molecule has 2 aromatic carbocycles. The van der Waals surface area contributed by atoms with Gasteiger partial charge in [0, 0.05) is 0 Å². The van der Waals surface area contributed by atoms with Gasteiger partial charge in [-0.1, -0.05) is 0 Å². The van der Waals surface area contributed by atoms with E-state index in [9.17, 15) is 0 Å². The minimum atomic E-state index is -3.53. The maximum atomic E-state index is 7.11. The molecule has 0 aliphatic heterocycles. The van der Waals surface area contributed by atoms with E-state index in [0.717, 1.165) is 10.6 Å². The zero-order valence-corrected chi connectivity index (χ0v) is 14.5. The van der Waals surface area contributed by atoms with E-state index in [0.29, 0.717) is 0 Å². The third-order valence-electron chi connectivity index (χ3n) is 3.26. The third kappa shape index (κ3) is 2.58. The number of alkyl halides is 1. The second kappa shape index (κ2) is 5.83. The number of hydrogen-bond acceptors (Lipinski definition) is 1. The summed E-state index contributed by atoms with van der Waals surface area (Å²) in [4.78, 5) is 1.86. The van der Waals surface area contributed by atoms with E-state index >= 15 is 0 Å². The number of hydrogen-bond donors (Lipinski definition) is 0. The molecule has 0 radical (unpaired) electrons. The van der Waals surface area contributed by atoms with Crippen molar-refractivity contribution in [2.24, 2.45) is 0 Å². The van der Waals surface area contributed by atoms with Crippen LogP contribution in [0.4, 0.5) is 0 Å². The SMILES string of the molecule is CN(C)C(Cl)P(Cl)(Cl)(c1ccccc1)c1ccccc1. The molecule has 0 bridgehead atoms. The predicted molar refractivity (Wildman–Crippen MR) is 94.1 cm³/mol. The van der Waals surface area contributed by atoms with Crippen molar-refractivity contribution in [2.45, 2.75) is 5.24 Å². The van der Waals surface area contributed by atoms with Gasteiger partial charge in [0.15, 0.2) is 0 Å². The molecule has 0 aliphatic rings. The molecule has 2 rings (SSSR count). The van der Waals surface area contributed by atoms with Crippen LogP contribution in [-0.4, -0.2) is 24.2 Å². The Labute approximate surface area is 135 Å². The summed E-state index contributed by atoms with van der Waals surface area (Å²) in [6.07, 6.45) is 0. The van der Waals surface area contributed by atoms with E-state index in [1.54, 1.807) is 0 Å². The molecular weight excluding hydrogens is 332 g/mol. The van der Waals surface area contributed by atoms with Crippen LogP contribution in [0.2, 0.25) is 0 Å². The number of benzene rings is 2. The third-order valence-corrected chi connectivity index (χ3v) is 12.6. The van der Waals surface area contributed by atoms with Gasteiger partial charge >= 0.3 is 135 Å². The summed E-state index contributed by atoms with van der Waals surface area (Å²) in [6, 6.07) is 19.4. The van der Waals surface area contributed by atoms with Gasteiger partial charge in [-0.3, -0.25) is 0 Å². The Morgan fingerprint density at radius 3 is 1.45 bits per heavy atom. The van der Waals surface area contributed by atoms with Crippen molar-refractivity contribution in [2.75, 3.05) is 14.1 Å². The van der Waals surface area contributed by atoms with E-state index in [-0.39, 0.29) is 0 Å². The molecule has 0 heterocycles. The summed E-state index contributed by atoms with van der Waals surface area (Å²) in [5.74, 6) is 0. The molecule has 0 aromatic heterocycles. The molecule has 0 spiro atoms. The normalized spacial score (nSPS) is 15.6. The number of rotatable bonds is 4. The van der Waals surface area contributed by atoms with Crippen molar-refractivity contribution in [3.63, 3.8) is 0 Å². The molecule has 5 heteroatoms. The summed E-state index contributed by atoms with van der Waals surface area (Å²) >= 11 is 20.9. The van der Waals surface area contributed by atoms with Crippen LogP contribution in [0.15, 0.2) is 60.7 Å². The maximum absolute atomic E-state index is 7.11. The zero-order valence-electron chi connectivity index (χ0n) is 11.4. The summed E-state index contributed by atoms with van der Waals surface area (Å²) in [6.45, 7) is 0. The molecule has 2 aromatic rings. The van der Waals surface area contributed by atoms with Crippen LogP contribution in [0.25, 0.3) is 0 Å². The Morgan fingerprint density at radius 1 is 0.800 bits per heavy atom. The molecule has 1 nitrogen and oxygen atoms in total. The van der Waals surface area contributed by atoms with Gasteiger partial charge in [0.05, 0.1) is 0 Å². The summed E-state index contributed by atoms with van der Waals surface area (Å²) < 4.78 is 0. The van der Waals surface area contributed by atoms with Gasteiger partial charge in [-0.15, -0.1) is 0 Å². The van der Waals surface area contributed by atoms with Crippen molar-refractivity contribution in [3.8, 4) is 0 Å². The molecule has 108 valence electrons. The van der Waals surface area contributed by atoms with Crippen molar-refractivity contribution >= 4 is 50.0 Å². The fourth-order valence-electron chi connectivity index (χ4n) is 2.20. The second-order valence-corrected chi connectivity index (χ2v) is 13.8. The average molecular weight is 349 g/mol. The number of halogens is 3. The first kappa shape index (κ1) is 16.1. The summed E-state index contributed by atoms with van der Waals surface area (Å²) in [5.41, 5.74) is 0. The molecule has 0 fully saturated rings. The van der Waals surface area contributed by atoms with Gasteiger partial charge in [-0.25, -0.2) is 0 Å². The van der Waals surface area contributed by atoms with Crippen molar-refractivity contribution < 1.29 is 0 Å². The van der Waals surface area contributed by atoms with Gasteiger partial charge < -0.3 is 0 Å². The number of nitrogens with zero attached hydrogens (tertiary/aromatic N) is 1. The van der Waals surface area contributed by atoms with E-state index in [1.165, 1.54) is 0 Å². The molecule has 0 saturated carbocycles. The van der Waals surface area contributed by atoms with Gasteiger partial charge in [0.2, 0.25) is 0 Å². The van der Waals surface area contributed by atoms with Gasteiger partial charge in [0.1, 0.15) is 0 Å². The molecule has 0 saturated heterocycles. The van der Waals surface area contributed by atoms with Crippen LogP contribution in [-0.2, 0) is 0 Å². The summed E-state index contributed by atoms with van der Waals surface area (Å²) in [5, 5.41) is -2.28. The first-order valence-electron chi connectivity index (χ1n) is 6.24. The Morgan fingerprint density at radius 2 is 1.15 bits per heavy atom. The van der Waals surface area contributed by atoms with Gasteiger partial charge in [0.25, 0.3) is 0 Å². The second-order valence-electron chi connectivity index (χ2n) is 4.91. The fourth-order valence-corrected chi connectivity index (χ4v) is 8.32. The van der Waals surface area contributed by atoms with Gasteiger partial charge in [-0.2, -0.15) is 0 Å². The molecule has 0 amide bonds. The van der Waals surface area contributed by atoms with E-state index < -0.39 is 10.6 Å². The molecular formula is C15H17Cl3NP. The molecule has 1 atom stereocenters. The summed E-state index contributed by atoms with van der Waals surface area (Å²) in [7, 11) is 3.77. The quantitative estimate of drug-likeness (QED) is 0.444. The van der Waals surface area contributed by atoms with Crippen molar-refractivity contribution in [1.82, 2.24) is 4.90 Å². The minimum absolute atomic E-state index is 0.505. The van der Waals surface area contributed by atoms with Crippen molar-refractivity contribution in [1.29, 1.82) is 0 Å². The Balaban J connectivity index is 2.73. The van der Waals surface area contributed by atoms with Crippen LogP contribution in [0, 0.1) is 0 Å². The standard InChI is InChI=1S/C15H17Cl3NP/c1-19(2)15(16)20(17,18,13-9-5-3-6-10-13)14-11-7-4-8-12-14/h3-12,15H,1-2H3. The van der Waals surface area contributed by atoms with Crippen LogP contribution in [0.5, 0.6) is 0 Å². The Kier molecular flexibility index (Phi) is 4.69. The van der Waals surface area contributed by atoms with Crippen LogP contribution in [0.1, 0.15) is 0 Å². The zero-order chi connectivity index (χ0) is 14.8. The van der Waals surface area contributed by atoms with E-state index in [1.807, 2.05) is 79.7 Å². The van der Waals surface area contributed by atoms with Crippen LogP contribution >= 0.6 is 39.4 Å². The van der Waals surface area contributed by atoms with Crippen molar-refractivity contribution in [3.05, 3.63) is 60.7 Å². The van der Waals surface area contributed by atoms with Crippen LogP contribution in [0.3, 0.4) is 0 Å². The molecule has 20 heavy (non-hydrogen) atoms. The molecule has 1 unspecified atom stereocenters. The first-order chi connectivity index (χ1) is 9.37. The Hall–Kier alpha value is -0.300. The van der Waals surface area contributed by atoms with E-state index in [4.69, 9.17) is 34.1 Å². The molecule has 0 aliphatic carbocycles. The monoisotopic (exact) mass is 347 g/mol. The average Bonchev–Trinajstić information content (AvgIpc) is 2.48. The topological polar surface area (TPSA) is 3.24 Å². The Bertz CT molecular complexity index is 529. The molecule has 0 N–H and O–H groups in total. The first-order valence-corrected chi connectivity index (χ1v) is 10.8. The predicted octanol–water partition coefficient (Wildman–Crippen LogP) is 4.58. The van der Waals surface area contributed by atoms with E-state index in [2.05, 4.69) is 0 Å².